The molecule has 1 atom stereocenters. The molecule has 0 aliphatic heterocycles. The van der Waals surface area contributed by atoms with Crippen molar-refractivity contribution in [2.45, 2.75) is 277 Å². The van der Waals surface area contributed by atoms with Crippen LogP contribution in [0, 0.1) is 0 Å². The van der Waals surface area contributed by atoms with Crippen molar-refractivity contribution in [2.75, 3.05) is 13.2 Å². The zero-order valence-electron chi connectivity index (χ0n) is 50.4. The minimum absolute atomic E-state index is 0.117. The van der Waals surface area contributed by atoms with Crippen LogP contribution in [-0.4, -0.2) is 37.2 Å². The Bertz CT molecular complexity index is 1710. The Labute approximate surface area is 480 Å². The predicted octanol–water partition coefficient (Wildman–Crippen LogP) is 21.9. The largest absolute Gasteiger partial charge is 0.462 e. The van der Waals surface area contributed by atoms with Crippen molar-refractivity contribution >= 4 is 17.9 Å². The summed E-state index contributed by atoms with van der Waals surface area (Å²) in [5.74, 6) is -1.02. The van der Waals surface area contributed by atoms with Crippen molar-refractivity contribution in [3.63, 3.8) is 0 Å². The fourth-order valence-corrected chi connectivity index (χ4v) is 8.36. The maximum absolute atomic E-state index is 12.9. The first-order valence-electron chi connectivity index (χ1n) is 31.8. The first-order valence-corrected chi connectivity index (χ1v) is 31.8. The number of carbonyl (C=O) groups excluding carboxylic acids is 3. The second kappa shape index (κ2) is 64.8. The van der Waals surface area contributed by atoms with Crippen LogP contribution in [0.15, 0.2) is 146 Å². The molecule has 0 N–H and O–H groups in total. The number of esters is 3. The van der Waals surface area contributed by atoms with Crippen LogP contribution >= 0.6 is 0 Å². The van der Waals surface area contributed by atoms with Gasteiger partial charge in [0.2, 0.25) is 0 Å². The number of carbonyl (C=O) groups is 3. The average molecular weight is 1080 g/mol. The molecule has 0 amide bonds. The predicted molar refractivity (Wildman–Crippen MR) is 339 cm³/mol. The Kier molecular flexibility index (Phi) is 60.9. The fraction of sp³-hybridized carbons (Fsp3) is 0.625. The van der Waals surface area contributed by atoms with Crippen molar-refractivity contribution in [2.24, 2.45) is 0 Å². The topological polar surface area (TPSA) is 78.9 Å². The van der Waals surface area contributed by atoms with E-state index in [0.717, 1.165) is 128 Å². The summed E-state index contributed by atoms with van der Waals surface area (Å²) in [4.78, 5) is 38.3. The van der Waals surface area contributed by atoms with Gasteiger partial charge in [-0.3, -0.25) is 14.4 Å². The first-order chi connectivity index (χ1) is 38.5. The Morgan fingerprint density at radius 2 is 0.526 bits per heavy atom. The average Bonchev–Trinajstić information content (AvgIpc) is 3.44. The number of ether oxygens (including phenoxy) is 3. The van der Waals surface area contributed by atoms with Crippen molar-refractivity contribution in [1.29, 1.82) is 0 Å². The molecule has 0 saturated carbocycles. The van der Waals surface area contributed by atoms with Crippen molar-refractivity contribution in [3.05, 3.63) is 146 Å². The molecule has 6 nitrogen and oxygen atoms in total. The van der Waals surface area contributed by atoms with Crippen LogP contribution < -0.4 is 0 Å². The van der Waals surface area contributed by atoms with E-state index in [0.29, 0.717) is 19.3 Å². The lowest BCUT2D eigenvalue weighted by Gasteiger charge is -2.18. The number of unbranched alkanes of at least 4 members (excludes halogenated alkanes) is 21. The van der Waals surface area contributed by atoms with Gasteiger partial charge in [-0.05, 0) is 122 Å². The highest BCUT2D eigenvalue weighted by Crippen LogP contribution is 2.15. The van der Waals surface area contributed by atoms with Crippen molar-refractivity contribution in [3.8, 4) is 0 Å². The van der Waals surface area contributed by atoms with Crippen LogP contribution in [0.2, 0.25) is 0 Å². The number of rotatable bonds is 56. The molecule has 0 rings (SSSR count). The zero-order chi connectivity index (χ0) is 56.4. The summed E-state index contributed by atoms with van der Waals surface area (Å²) in [6.45, 7) is 6.30. The minimum atomic E-state index is -0.831. The third kappa shape index (κ3) is 62.1. The molecule has 0 saturated heterocycles. The van der Waals surface area contributed by atoms with Crippen LogP contribution in [0.25, 0.3) is 0 Å². The third-order valence-corrected chi connectivity index (χ3v) is 13.1. The molecule has 0 radical (unpaired) electrons. The van der Waals surface area contributed by atoms with E-state index in [1.54, 1.807) is 0 Å². The molecule has 0 bridgehead atoms. The Morgan fingerprint density at radius 1 is 0.269 bits per heavy atom. The molecule has 0 heterocycles. The van der Waals surface area contributed by atoms with Gasteiger partial charge in [0, 0.05) is 19.3 Å². The monoisotopic (exact) mass is 1080 g/mol. The standard InChI is InChI=1S/C72H116O6/c1-4-7-10-13-16-19-22-25-28-30-32-33-34-35-36-37-38-39-41-42-44-47-50-53-56-59-62-65-71(74)77-68-69(67-76-70(73)64-61-58-55-52-49-46-27-24-21-18-15-12-9-6-3)78-72(75)66-63-60-57-54-51-48-45-43-40-31-29-26-23-20-17-14-11-8-5-2/h7-8,10-11,15-20,24-29,32-33,40,43,48,51,57,60,69H,4-6,9,12-14,21-23,30-31,34-39,41-42,44-47,49-50,52-56,58-59,61-68H2,1-3H3/b10-7-,11-8-,18-15-,19-16-,20-17-,27-24-,28-25-,29-26-,33-32-,43-40-,51-48-,60-57-. The molecule has 1 unspecified atom stereocenters. The zero-order valence-corrected chi connectivity index (χ0v) is 50.4. The van der Waals surface area contributed by atoms with Gasteiger partial charge < -0.3 is 14.2 Å². The molecule has 78 heavy (non-hydrogen) atoms. The number of hydrogen-bond acceptors (Lipinski definition) is 6. The van der Waals surface area contributed by atoms with E-state index in [2.05, 4.69) is 161 Å². The van der Waals surface area contributed by atoms with Gasteiger partial charge in [0.25, 0.3) is 0 Å². The molecule has 6 heteroatoms. The Balaban J connectivity index is 4.41. The van der Waals surface area contributed by atoms with Gasteiger partial charge in [0.15, 0.2) is 6.10 Å². The molecule has 440 valence electrons. The van der Waals surface area contributed by atoms with E-state index in [-0.39, 0.29) is 31.6 Å². The maximum Gasteiger partial charge on any atom is 0.306 e. The molecular weight excluding hydrogens is 961 g/mol. The first kappa shape index (κ1) is 73.3. The molecule has 0 aromatic carbocycles. The minimum Gasteiger partial charge on any atom is -0.462 e. The summed E-state index contributed by atoms with van der Waals surface area (Å²) in [5.41, 5.74) is 0. The lowest BCUT2D eigenvalue weighted by Crippen LogP contribution is -2.30. The normalized spacial score (nSPS) is 13.1. The smallest absolute Gasteiger partial charge is 0.306 e. The summed E-state index contributed by atoms with van der Waals surface area (Å²) in [6, 6.07) is 0. The van der Waals surface area contributed by atoms with Crippen LogP contribution in [0.5, 0.6) is 0 Å². The van der Waals surface area contributed by atoms with Gasteiger partial charge in [-0.1, -0.05) is 276 Å². The fourth-order valence-electron chi connectivity index (χ4n) is 8.36. The Morgan fingerprint density at radius 3 is 0.833 bits per heavy atom. The van der Waals surface area contributed by atoms with Crippen LogP contribution in [0.1, 0.15) is 271 Å². The van der Waals surface area contributed by atoms with Gasteiger partial charge in [0.1, 0.15) is 13.2 Å². The molecule has 0 aliphatic carbocycles. The van der Waals surface area contributed by atoms with Gasteiger partial charge in [-0.2, -0.15) is 0 Å². The molecule has 0 aliphatic rings. The summed E-state index contributed by atoms with van der Waals surface area (Å²) >= 11 is 0. The SMILES string of the molecule is CC/C=C\C/C=C\C/C=C\C/C=C\C/C=C\C/C=C\CCC(=O)OC(COC(=O)CCCCCCC/C=C\C/C=C\CCCC)COC(=O)CCCCCCCCCCCCCCCC/C=C\C/C=C\C/C=C\C/C=C\CC. The van der Waals surface area contributed by atoms with Gasteiger partial charge in [0.05, 0.1) is 0 Å². The van der Waals surface area contributed by atoms with Crippen molar-refractivity contribution in [1.82, 2.24) is 0 Å². The van der Waals surface area contributed by atoms with E-state index in [9.17, 15) is 14.4 Å². The van der Waals surface area contributed by atoms with E-state index in [1.165, 1.54) is 96.3 Å². The number of allylic oxidation sites excluding steroid dienone is 24. The highest BCUT2D eigenvalue weighted by atomic mass is 16.6. The highest BCUT2D eigenvalue weighted by Gasteiger charge is 2.19. The maximum atomic E-state index is 12.9. The van der Waals surface area contributed by atoms with E-state index in [1.807, 2.05) is 6.08 Å². The molecule has 0 aromatic heterocycles. The Hall–Kier alpha value is -4.71. The van der Waals surface area contributed by atoms with E-state index >= 15 is 0 Å². The lowest BCUT2D eigenvalue weighted by atomic mass is 10.0. The van der Waals surface area contributed by atoms with Crippen LogP contribution in [0.4, 0.5) is 0 Å². The summed E-state index contributed by atoms with van der Waals surface area (Å²) < 4.78 is 16.8. The third-order valence-electron chi connectivity index (χ3n) is 13.1. The molecular formula is C72H116O6. The van der Waals surface area contributed by atoms with Gasteiger partial charge >= 0.3 is 17.9 Å². The van der Waals surface area contributed by atoms with E-state index < -0.39 is 12.1 Å². The quantitative estimate of drug-likeness (QED) is 0.0261. The lowest BCUT2D eigenvalue weighted by molar-refractivity contribution is -0.166. The molecule has 0 aromatic rings. The summed E-state index contributed by atoms with van der Waals surface area (Å²) in [7, 11) is 0. The second-order valence-corrected chi connectivity index (χ2v) is 20.5. The van der Waals surface area contributed by atoms with Gasteiger partial charge in [-0.25, -0.2) is 0 Å². The van der Waals surface area contributed by atoms with Crippen LogP contribution in [0.3, 0.4) is 0 Å². The van der Waals surface area contributed by atoms with Crippen LogP contribution in [-0.2, 0) is 28.6 Å². The molecule has 0 spiro atoms. The highest BCUT2D eigenvalue weighted by molar-refractivity contribution is 5.71. The summed E-state index contributed by atoms with van der Waals surface area (Å²) in [5, 5.41) is 0. The molecule has 0 fully saturated rings. The second-order valence-electron chi connectivity index (χ2n) is 20.5. The summed E-state index contributed by atoms with van der Waals surface area (Å²) in [6.07, 6.45) is 93.0. The van der Waals surface area contributed by atoms with Crippen molar-refractivity contribution < 1.29 is 28.6 Å². The number of hydrogen-bond donors (Lipinski definition) is 0. The van der Waals surface area contributed by atoms with Gasteiger partial charge in [-0.15, -0.1) is 0 Å². The van der Waals surface area contributed by atoms with E-state index in [4.69, 9.17) is 14.2 Å².